The molecule has 0 radical (unpaired) electrons. The molecule has 2 N–H and O–H groups in total. The van der Waals surface area contributed by atoms with Crippen molar-refractivity contribution in [3.63, 3.8) is 0 Å². The Kier molecular flexibility index (Phi) is 26.0. The van der Waals surface area contributed by atoms with Gasteiger partial charge in [0.1, 0.15) is 0 Å². The highest BCUT2D eigenvalue weighted by atomic mass is 16.4. The first-order valence-electron chi connectivity index (χ1n) is 11.5. The summed E-state index contributed by atoms with van der Waals surface area (Å²) in [5, 5.41) is 16.7. The minimum atomic E-state index is -0.675. The molecule has 0 atom stereocenters. The highest BCUT2D eigenvalue weighted by Gasteiger charge is 1.97. The molecule has 4 nitrogen and oxygen atoms in total. The van der Waals surface area contributed by atoms with Gasteiger partial charge in [-0.15, -0.1) is 0 Å². The van der Waals surface area contributed by atoms with Crippen molar-refractivity contribution in [2.45, 2.75) is 136 Å². The van der Waals surface area contributed by atoms with Gasteiger partial charge in [0, 0.05) is 12.8 Å². The largest absolute Gasteiger partial charge is 0.481 e. The fraction of sp³-hybridized carbons (Fsp3) is 0.913. The topological polar surface area (TPSA) is 74.6 Å². The van der Waals surface area contributed by atoms with Crippen molar-refractivity contribution < 1.29 is 19.8 Å². The maximum Gasteiger partial charge on any atom is 0.303 e. The van der Waals surface area contributed by atoms with E-state index in [4.69, 9.17) is 10.2 Å². The molecule has 162 valence electrons. The van der Waals surface area contributed by atoms with E-state index in [2.05, 4.69) is 13.8 Å². The lowest BCUT2D eigenvalue weighted by atomic mass is 10.0. The number of unbranched alkanes of at least 4 members (excludes halogenated alkanes) is 15. The smallest absolute Gasteiger partial charge is 0.303 e. The predicted octanol–water partition coefficient (Wildman–Crippen LogP) is 7.59. The first-order valence-corrected chi connectivity index (χ1v) is 11.5. The Morgan fingerprint density at radius 2 is 0.667 bits per heavy atom. The Bertz CT molecular complexity index is 316. The number of carboxylic acids is 2. The highest BCUT2D eigenvalue weighted by molar-refractivity contribution is 5.66. The quantitative estimate of drug-likeness (QED) is 0.224. The van der Waals surface area contributed by atoms with Gasteiger partial charge >= 0.3 is 11.9 Å². The Morgan fingerprint density at radius 3 is 0.926 bits per heavy atom. The third-order valence-corrected chi connectivity index (χ3v) is 4.74. The molecule has 4 heteroatoms. The van der Waals surface area contributed by atoms with Crippen LogP contribution in [0.3, 0.4) is 0 Å². The van der Waals surface area contributed by atoms with Crippen LogP contribution in [-0.2, 0) is 9.59 Å². The van der Waals surface area contributed by atoms with E-state index in [-0.39, 0.29) is 0 Å². The summed E-state index contributed by atoms with van der Waals surface area (Å²) in [5.74, 6) is -1.33. The normalized spacial score (nSPS) is 10.3. The molecule has 0 spiro atoms. The average molecular weight is 387 g/mol. The fourth-order valence-electron chi connectivity index (χ4n) is 3.00. The molecular weight excluding hydrogens is 340 g/mol. The van der Waals surface area contributed by atoms with Gasteiger partial charge in [-0.1, -0.05) is 110 Å². The van der Waals surface area contributed by atoms with Gasteiger partial charge in [-0.25, -0.2) is 0 Å². The van der Waals surface area contributed by atoms with Crippen molar-refractivity contribution in [2.24, 2.45) is 0 Å². The van der Waals surface area contributed by atoms with Crippen molar-refractivity contribution in [3.8, 4) is 0 Å². The summed E-state index contributed by atoms with van der Waals surface area (Å²) < 4.78 is 0. The van der Waals surface area contributed by atoms with Crippen LogP contribution in [0, 0.1) is 0 Å². The summed E-state index contributed by atoms with van der Waals surface area (Å²) in [6, 6.07) is 0. The summed E-state index contributed by atoms with van der Waals surface area (Å²) in [5.41, 5.74) is 0. The Morgan fingerprint density at radius 1 is 0.444 bits per heavy atom. The Labute approximate surface area is 168 Å². The molecule has 0 aromatic carbocycles. The minimum absolute atomic E-state index is 0.333. The van der Waals surface area contributed by atoms with Crippen molar-refractivity contribution >= 4 is 11.9 Å². The summed E-state index contributed by atoms with van der Waals surface area (Å²) >= 11 is 0. The maximum atomic E-state index is 10.3. The first-order chi connectivity index (χ1) is 13.0. The van der Waals surface area contributed by atoms with Gasteiger partial charge in [-0.05, 0) is 12.8 Å². The summed E-state index contributed by atoms with van der Waals surface area (Å²) in [4.78, 5) is 20.3. The molecule has 0 amide bonds. The van der Waals surface area contributed by atoms with Crippen LogP contribution in [-0.4, -0.2) is 22.2 Å². The van der Waals surface area contributed by atoms with Crippen LogP contribution in [0.15, 0.2) is 0 Å². The molecule has 0 fully saturated rings. The molecule has 0 aromatic heterocycles. The molecule has 27 heavy (non-hydrogen) atoms. The number of carboxylic acid groups (broad SMARTS) is 2. The lowest BCUT2D eigenvalue weighted by molar-refractivity contribution is -0.138. The van der Waals surface area contributed by atoms with Gasteiger partial charge in [0.25, 0.3) is 0 Å². The van der Waals surface area contributed by atoms with Gasteiger partial charge in [-0.2, -0.15) is 0 Å². The zero-order valence-corrected chi connectivity index (χ0v) is 18.1. The predicted molar refractivity (Wildman–Crippen MR) is 114 cm³/mol. The first kappa shape index (κ1) is 28.2. The van der Waals surface area contributed by atoms with Crippen molar-refractivity contribution in [2.75, 3.05) is 0 Å². The summed E-state index contributed by atoms with van der Waals surface area (Å²) in [6.07, 6.45) is 21.8. The lowest BCUT2D eigenvalue weighted by Gasteiger charge is -2.02. The molecule has 0 saturated heterocycles. The van der Waals surface area contributed by atoms with E-state index >= 15 is 0 Å². The van der Waals surface area contributed by atoms with Gasteiger partial charge in [0.2, 0.25) is 0 Å². The zero-order chi connectivity index (χ0) is 20.6. The molecule has 0 aliphatic heterocycles. The number of carbonyl (C=O) groups is 2. The summed E-state index contributed by atoms with van der Waals surface area (Å²) in [7, 11) is 0. The second-order valence-corrected chi connectivity index (χ2v) is 7.59. The Hall–Kier alpha value is -1.06. The van der Waals surface area contributed by atoms with E-state index in [9.17, 15) is 9.59 Å². The van der Waals surface area contributed by atoms with Gasteiger partial charge in [-0.3, -0.25) is 9.59 Å². The number of aliphatic carboxylic acids is 2. The standard InChI is InChI=1S/C16H32O2.C7H14O2/c1-2-3-4-5-6-7-8-9-10-11-12-13-14-15-16(17)18;1-2-3-4-5-6-7(8)9/h2-15H2,1H3,(H,17,18);2-6H2,1H3,(H,8,9). The van der Waals surface area contributed by atoms with E-state index in [1.165, 1.54) is 77.0 Å². The van der Waals surface area contributed by atoms with E-state index in [0.717, 1.165) is 32.1 Å². The van der Waals surface area contributed by atoms with Crippen LogP contribution < -0.4 is 0 Å². The number of rotatable bonds is 19. The SMILES string of the molecule is CCCCCCC(=O)O.CCCCCCCCCCCCCCCC(=O)O. The van der Waals surface area contributed by atoms with Crippen LogP contribution in [0.25, 0.3) is 0 Å². The molecule has 0 aliphatic carbocycles. The zero-order valence-electron chi connectivity index (χ0n) is 18.1. The summed E-state index contributed by atoms with van der Waals surface area (Å²) in [6.45, 7) is 4.37. The third-order valence-electron chi connectivity index (χ3n) is 4.74. The monoisotopic (exact) mass is 386 g/mol. The van der Waals surface area contributed by atoms with Crippen molar-refractivity contribution in [3.05, 3.63) is 0 Å². The third kappa shape index (κ3) is 33.0. The minimum Gasteiger partial charge on any atom is -0.481 e. The second-order valence-electron chi connectivity index (χ2n) is 7.59. The van der Waals surface area contributed by atoms with E-state index < -0.39 is 11.9 Å². The van der Waals surface area contributed by atoms with Crippen molar-refractivity contribution in [1.29, 1.82) is 0 Å². The van der Waals surface area contributed by atoms with Crippen LogP contribution in [0.5, 0.6) is 0 Å². The number of hydrogen-bond donors (Lipinski definition) is 2. The molecule has 0 saturated carbocycles. The molecule has 0 heterocycles. The van der Waals surface area contributed by atoms with Crippen LogP contribution in [0.2, 0.25) is 0 Å². The average Bonchev–Trinajstić information content (AvgIpc) is 2.63. The fourth-order valence-corrected chi connectivity index (χ4v) is 3.00. The second kappa shape index (κ2) is 24.9. The molecule has 0 rings (SSSR count). The number of hydrogen-bond acceptors (Lipinski definition) is 2. The highest BCUT2D eigenvalue weighted by Crippen LogP contribution is 2.12. The van der Waals surface area contributed by atoms with Crippen LogP contribution in [0.1, 0.15) is 136 Å². The van der Waals surface area contributed by atoms with Crippen LogP contribution >= 0.6 is 0 Å². The molecule has 0 aliphatic rings. The Balaban J connectivity index is 0. The lowest BCUT2D eigenvalue weighted by Crippen LogP contribution is -1.93. The van der Waals surface area contributed by atoms with Gasteiger partial charge < -0.3 is 10.2 Å². The maximum absolute atomic E-state index is 10.3. The molecule has 0 bridgehead atoms. The van der Waals surface area contributed by atoms with E-state index in [1.54, 1.807) is 0 Å². The van der Waals surface area contributed by atoms with Crippen LogP contribution in [0.4, 0.5) is 0 Å². The molecular formula is C23H46O4. The van der Waals surface area contributed by atoms with Gasteiger partial charge in [0.05, 0.1) is 0 Å². The van der Waals surface area contributed by atoms with E-state index in [0.29, 0.717) is 12.8 Å². The van der Waals surface area contributed by atoms with Gasteiger partial charge in [0.15, 0.2) is 0 Å². The van der Waals surface area contributed by atoms with E-state index in [1.807, 2.05) is 0 Å². The van der Waals surface area contributed by atoms with Crippen molar-refractivity contribution in [1.82, 2.24) is 0 Å². The molecule has 0 aromatic rings. The molecule has 0 unspecified atom stereocenters.